The molecular formula is C16H22BrNO3. The van der Waals surface area contributed by atoms with Gasteiger partial charge in [-0.25, -0.2) is 4.79 Å². The van der Waals surface area contributed by atoms with Crippen molar-refractivity contribution in [3.63, 3.8) is 0 Å². The largest absolute Gasteiger partial charge is 0.444 e. The lowest BCUT2D eigenvalue weighted by molar-refractivity contribution is 0.0189. The van der Waals surface area contributed by atoms with Gasteiger partial charge in [0.25, 0.3) is 0 Å². The standard InChI is InChI=1S/C16H22BrNO3/c1-16(2,3)21-15(19)18-9-13(17)14(10-18)20-11-12-7-5-4-6-8-12/h4-8,13-14H,9-11H2,1-3H3. The lowest BCUT2D eigenvalue weighted by Gasteiger charge is -2.24. The van der Waals surface area contributed by atoms with Crippen LogP contribution in [0.5, 0.6) is 0 Å². The first kappa shape index (κ1) is 16.3. The molecule has 0 aromatic heterocycles. The Bertz CT molecular complexity index is 472. The maximum Gasteiger partial charge on any atom is 0.410 e. The number of carbonyl (C=O) groups is 1. The van der Waals surface area contributed by atoms with Crippen LogP contribution in [0.2, 0.25) is 0 Å². The van der Waals surface area contributed by atoms with Crippen molar-refractivity contribution in [2.45, 2.75) is 43.9 Å². The molecular weight excluding hydrogens is 334 g/mol. The zero-order chi connectivity index (χ0) is 15.5. The van der Waals surface area contributed by atoms with Crippen molar-refractivity contribution in [2.24, 2.45) is 0 Å². The number of rotatable bonds is 3. The average molecular weight is 356 g/mol. The molecule has 0 saturated carbocycles. The molecule has 1 aliphatic rings. The molecule has 21 heavy (non-hydrogen) atoms. The summed E-state index contributed by atoms with van der Waals surface area (Å²) >= 11 is 3.59. The van der Waals surface area contributed by atoms with Crippen LogP contribution in [0.3, 0.4) is 0 Å². The van der Waals surface area contributed by atoms with Crippen LogP contribution in [0.15, 0.2) is 30.3 Å². The summed E-state index contributed by atoms with van der Waals surface area (Å²) in [5, 5.41) is 0. The number of likely N-dealkylation sites (tertiary alicyclic amines) is 1. The number of halogens is 1. The molecule has 2 rings (SSSR count). The normalized spacial score (nSPS) is 22.4. The van der Waals surface area contributed by atoms with Gasteiger partial charge in [-0.3, -0.25) is 0 Å². The van der Waals surface area contributed by atoms with E-state index in [9.17, 15) is 4.79 Å². The number of amides is 1. The van der Waals surface area contributed by atoms with E-state index in [1.165, 1.54) is 0 Å². The van der Waals surface area contributed by atoms with Crippen LogP contribution in [0, 0.1) is 0 Å². The minimum Gasteiger partial charge on any atom is -0.444 e. The number of nitrogens with zero attached hydrogens (tertiary/aromatic N) is 1. The van der Waals surface area contributed by atoms with E-state index in [0.29, 0.717) is 19.7 Å². The Morgan fingerprint density at radius 2 is 1.95 bits per heavy atom. The topological polar surface area (TPSA) is 38.8 Å². The molecule has 1 saturated heterocycles. The average Bonchev–Trinajstić information content (AvgIpc) is 2.77. The summed E-state index contributed by atoms with van der Waals surface area (Å²) in [5.74, 6) is 0. The molecule has 0 aliphatic carbocycles. The second-order valence-corrected chi connectivity index (χ2v) is 7.41. The second kappa shape index (κ2) is 6.79. The molecule has 0 spiro atoms. The van der Waals surface area contributed by atoms with Crippen molar-refractivity contribution in [1.29, 1.82) is 0 Å². The molecule has 1 aliphatic heterocycles. The summed E-state index contributed by atoms with van der Waals surface area (Å²) in [7, 11) is 0. The second-order valence-electron chi connectivity index (χ2n) is 6.24. The Hall–Kier alpha value is -1.07. The summed E-state index contributed by atoms with van der Waals surface area (Å²) in [6.45, 7) is 7.32. The van der Waals surface area contributed by atoms with Gasteiger partial charge in [0.1, 0.15) is 5.60 Å². The molecule has 1 aromatic rings. The highest BCUT2D eigenvalue weighted by molar-refractivity contribution is 9.09. The summed E-state index contributed by atoms with van der Waals surface area (Å²) in [5.41, 5.74) is 0.662. The Morgan fingerprint density at radius 3 is 2.57 bits per heavy atom. The van der Waals surface area contributed by atoms with E-state index in [4.69, 9.17) is 9.47 Å². The first-order chi connectivity index (χ1) is 9.85. The van der Waals surface area contributed by atoms with E-state index in [0.717, 1.165) is 5.56 Å². The van der Waals surface area contributed by atoms with Gasteiger partial charge in [0.2, 0.25) is 0 Å². The Labute approximate surface area is 134 Å². The molecule has 2 atom stereocenters. The summed E-state index contributed by atoms with van der Waals surface area (Å²) < 4.78 is 11.3. The Kier molecular flexibility index (Phi) is 5.27. The number of hydrogen-bond acceptors (Lipinski definition) is 3. The molecule has 1 aromatic carbocycles. The van der Waals surface area contributed by atoms with Gasteiger partial charge in [0.05, 0.1) is 24.1 Å². The molecule has 0 bridgehead atoms. The first-order valence-corrected chi connectivity index (χ1v) is 8.04. The van der Waals surface area contributed by atoms with Gasteiger partial charge in [-0.1, -0.05) is 46.3 Å². The van der Waals surface area contributed by atoms with Crippen molar-refractivity contribution in [2.75, 3.05) is 13.1 Å². The van der Waals surface area contributed by atoms with Crippen LogP contribution in [0.4, 0.5) is 4.79 Å². The lowest BCUT2D eigenvalue weighted by atomic mass is 10.2. The third kappa shape index (κ3) is 5.00. The molecule has 1 amide bonds. The fourth-order valence-electron chi connectivity index (χ4n) is 2.14. The zero-order valence-electron chi connectivity index (χ0n) is 12.7. The van der Waals surface area contributed by atoms with E-state index >= 15 is 0 Å². The predicted molar refractivity (Wildman–Crippen MR) is 85.5 cm³/mol. The van der Waals surface area contributed by atoms with E-state index < -0.39 is 5.60 Å². The maximum absolute atomic E-state index is 12.1. The van der Waals surface area contributed by atoms with Crippen LogP contribution < -0.4 is 0 Å². The molecule has 5 heteroatoms. The minimum atomic E-state index is -0.470. The van der Waals surface area contributed by atoms with Gasteiger partial charge in [-0.05, 0) is 26.3 Å². The maximum atomic E-state index is 12.1. The van der Waals surface area contributed by atoms with E-state index in [-0.39, 0.29) is 17.0 Å². The highest BCUT2D eigenvalue weighted by atomic mass is 79.9. The number of ether oxygens (including phenoxy) is 2. The number of benzene rings is 1. The van der Waals surface area contributed by atoms with Crippen LogP contribution >= 0.6 is 15.9 Å². The number of hydrogen-bond donors (Lipinski definition) is 0. The van der Waals surface area contributed by atoms with Gasteiger partial charge < -0.3 is 14.4 Å². The van der Waals surface area contributed by atoms with Crippen molar-refractivity contribution in [3.05, 3.63) is 35.9 Å². The summed E-state index contributed by atoms with van der Waals surface area (Å²) in [6, 6.07) is 10.0. The van der Waals surface area contributed by atoms with Crippen molar-refractivity contribution in [3.8, 4) is 0 Å². The van der Waals surface area contributed by atoms with Crippen LogP contribution in [-0.2, 0) is 16.1 Å². The Morgan fingerprint density at radius 1 is 1.29 bits per heavy atom. The highest BCUT2D eigenvalue weighted by Gasteiger charge is 2.36. The van der Waals surface area contributed by atoms with Gasteiger partial charge in [-0.15, -0.1) is 0 Å². The lowest BCUT2D eigenvalue weighted by Crippen LogP contribution is -2.36. The van der Waals surface area contributed by atoms with Gasteiger partial charge in [0.15, 0.2) is 0 Å². The molecule has 0 N–H and O–H groups in total. The number of alkyl halides is 1. The van der Waals surface area contributed by atoms with Crippen molar-refractivity contribution >= 4 is 22.0 Å². The fourth-order valence-corrected chi connectivity index (χ4v) is 2.81. The molecule has 1 fully saturated rings. The quantitative estimate of drug-likeness (QED) is 0.777. The molecule has 1 heterocycles. The van der Waals surface area contributed by atoms with Gasteiger partial charge >= 0.3 is 6.09 Å². The van der Waals surface area contributed by atoms with Crippen molar-refractivity contribution in [1.82, 2.24) is 4.90 Å². The molecule has 4 nitrogen and oxygen atoms in total. The number of carbonyl (C=O) groups excluding carboxylic acids is 1. The smallest absolute Gasteiger partial charge is 0.410 e. The van der Waals surface area contributed by atoms with E-state index in [1.807, 2.05) is 51.1 Å². The highest BCUT2D eigenvalue weighted by Crippen LogP contribution is 2.23. The Balaban J connectivity index is 1.85. The fraction of sp³-hybridized carbons (Fsp3) is 0.562. The first-order valence-electron chi connectivity index (χ1n) is 7.13. The van der Waals surface area contributed by atoms with Crippen molar-refractivity contribution < 1.29 is 14.3 Å². The monoisotopic (exact) mass is 355 g/mol. The summed E-state index contributed by atoms with van der Waals surface area (Å²) in [6.07, 6.45) is -0.296. The third-order valence-electron chi connectivity index (χ3n) is 3.16. The minimum absolute atomic E-state index is 0.0160. The summed E-state index contributed by atoms with van der Waals surface area (Å²) in [4.78, 5) is 13.9. The third-order valence-corrected chi connectivity index (χ3v) is 4.04. The van der Waals surface area contributed by atoms with Gasteiger partial charge in [-0.2, -0.15) is 0 Å². The predicted octanol–water partition coefficient (Wildman–Crippen LogP) is 3.59. The molecule has 2 unspecified atom stereocenters. The van der Waals surface area contributed by atoms with Gasteiger partial charge in [0, 0.05) is 6.54 Å². The van der Waals surface area contributed by atoms with E-state index in [1.54, 1.807) is 4.90 Å². The zero-order valence-corrected chi connectivity index (χ0v) is 14.3. The SMILES string of the molecule is CC(C)(C)OC(=O)N1CC(Br)C(OCc2ccccc2)C1. The van der Waals surface area contributed by atoms with E-state index in [2.05, 4.69) is 15.9 Å². The van der Waals surface area contributed by atoms with Crippen LogP contribution in [0.25, 0.3) is 0 Å². The van der Waals surface area contributed by atoms with Crippen LogP contribution in [-0.4, -0.2) is 40.6 Å². The molecule has 116 valence electrons. The van der Waals surface area contributed by atoms with Crippen LogP contribution in [0.1, 0.15) is 26.3 Å². The molecule has 0 radical (unpaired) electrons.